The van der Waals surface area contributed by atoms with E-state index in [4.69, 9.17) is 4.74 Å². The van der Waals surface area contributed by atoms with Crippen molar-refractivity contribution in [3.8, 4) is 5.75 Å². The van der Waals surface area contributed by atoms with Gasteiger partial charge in [-0.3, -0.25) is 4.79 Å². The van der Waals surface area contributed by atoms with Crippen molar-refractivity contribution in [3.63, 3.8) is 0 Å². The second-order valence-corrected chi connectivity index (χ2v) is 8.43. The van der Waals surface area contributed by atoms with E-state index in [1.165, 1.54) is 11.1 Å². The molecule has 0 aliphatic heterocycles. The van der Waals surface area contributed by atoms with Gasteiger partial charge < -0.3 is 4.74 Å². The molecule has 0 radical (unpaired) electrons. The molecular weight excluding hydrogens is 327 g/mol. The van der Waals surface area contributed by atoms with Crippen LogP contribution in [0.1, 0.15) is 52.9 Å². The highest BCUT2D eigenvalue weighted by Crippen LogP contribution is 2.28. The second-order valence-electron chi connectivity index (χ2n) is 7.14. The summed E-state index contributed by atoms with van der Waals surface area (Å²) in [6.07, 6.45) is 1.05. The Morgan fingerprint density at radius 1 is 1.00 bits per heavy atom. The van der Waals surface area contributed by atoms with Crippen molar-refractivity contribution < 1.29 is 9.53 Å². The maximum atomic E-state index is 12.8. The summed E-state index contributed by atoms with van der Waals surface area (Å²) in [6.45, 7) is 13.4. The molecule has 0 aromatic heterocycles. The Balaban J connectivity index is 2.08. The Labute approximate surface area is 153 Å². The molecule has 0 aliphatic carbocycles. The normalized spacial score (nSPS) is 11.5. The van der Waals surface area contributed by atoms with Crippen molar-refractivity contribution in [2.75, 3.05) is 6.61 Å². The van der Waals surface area contributed by atoms with Gasteiger partial charge in [-0.25, -0.2) is 0 Å². The minimum absolute atomic E-state index is 0.142. The summed E-state index contributed by atoms with van der Waals surface area (Å²) in [6, 6.07) is 10.1. The number of carbonyl (C=O) groups is 1. The fourth-order valence-corrected chi connectivity index (χ4v) is 3.98. The topological polar surface area (TPSA) is 26.3 Å². The van der Waals surface area contributed by atoms with E-state index in [9.17, 15) is 4.79 Å². The van der Waals surface area contributed by atoms with Gasteiger partial charge in [0.15, 0.2) is 5.52 Å². The van der Waals surface area contributed by atoms with Crippen molar-refractivity contribution in [2.45, 2.75) is 48.0 Å². The third-order valence-electron chi connectivity index (χ3n) is 4.66. The summed E-state index contributed by atoms with van der Waals surface area (Å²) in [5.74, 6) is 1.52. The quantitative estimate of drug-likeness (QED) is 0.613. The Bertz CT molecular complexity index is 746. The first kappa shape index (κ1) is 19.7. The number of benzene rings is 2. The predicted octanol–water partition coefficient (Wildman–Crippen LogP) is 5.49. The number of hydrogen-bond acceptors (Lipinski definition) is 2. The van der Waals surface area contributed by atoms with Crippen LogP contribution in [0.5, 0.6) is 5.75 Å². The molecule has 0 heterocycles. The van der Waals surface area contributed by atoms with Gasteiger partial charge in [0, 0.05) is 5.56 Å². The SMILES string of the molecule is Cc1cc(C)c(C(=O)Pc2ccc(OCCC(C)C)cc2)c(C)c1C. The van der Waals surface area contributed by atoms with Gasteiger partial charge in [-0.05, 0) is 88.3 Å². The van der Waals surface area contributed by atoms with Crippen LogP contribution >= 0.6 is 8.58 Å². The fraction of sp³-hybridized carbons (Fsp3) is 0.409. The van der Waals surface area contributed by atoms with E-state index in [-0.39, 0.29) is 14.1 Å². The molecule has 2 aromatic rings. The Hall–Kier alpha value is -1.66. The van der Waals surface area contributed by atoms with E-state index >= 15 is 0 Å². The standard InChI is InChI=1S/C22H29O2P/c1-14(2)11-12-24-19-7-9-20(10-8-19)25-22(23)21-16(4)13-15(3)17(5)18(21)6/h7-10,13-14,25H,11-12H2,1-6H3. The molecule has 3 heteroatoms. The van der Waals surface area contributed by atoms with E-state index < -0.39 is 0 Å². The van der Waals surface area contributed by atoms with Crippen LogP contribution in [-0.2, 0) is 0 Å². The minimum atomic E-state index is 0.142. The molecular formula is C22H29O2P. The van der Waals surface area contributed by atoms with Crippen molar-refractivity contribution in [1.82, 2.24) is 0 Å². The van der Waals surface area contributed by atoms with Crippen LogP contribution in [0.25, 0.3) is 0 Å². The molecule has 134 valence electrons. The molecule has 0 amide bonds. The minimum Gasteiger partial charge on any atom is -0.494 e. The molecule has 0 spiro atoms. The third kappa shape index (κ3) is 5.16. The zero-order chi connectivity index (χ0) is 18.6. The number of ether oxygens (including phenoxy) is 1. The molecule has 0 aliphatic rings. The van der Waals surface area contributed by atoms with Gasteiger partial charge in [0.2, 0.25) is 0 Å². The zero-order valence-corrected chi connectivity index (χ0v) is 17.2. The smallest absolute Gasteiger partial charge is 0.186 e. The second kappa shape index (κ2) is 8.63. The highest BCUT2D eigenvalue weighted by molar-refractivity contribution is 7.66. The molecule has 1 atom stereocenters. The highest BCUT2D eigenvalue weighted by Gasteiger charge is 2.16. The summed E-state index contributed by atoms with van der Waals surface area (Å²) in [5, 5.41) is 1.05. The predicted molar refractivity (Wildman–Crippen MR) is 109 cm³/mol. The number of aryl methyl sites for hydroxylation is 2. The van der Waals surface area contributed by atoms with Crippen molar-refractivity contribution in [3.05, 3.63) is 58.1 Å². The molecule has 0 saturated carbocycles. The van der Waals surface area contributed by atoms with Crippen LogP contribution < -0.4 is 10.0 Å². The Kier molecular flexibility index (Phi) is 6.79. The lowest BCUT2D eigenvalue weighted by molar-refractivity contribution is 0.108. The van der Waals surface area contributed by atoms with Crippen molar-refractivity contribution >= 4 is 19.4 Å². The summed E-state index contributed by atoms with van der Waals surface area (Å²) >= 11 is 0. The van der Waals surface area contributed by atoms with Crippen LogP contribution in [0.4, 0.5) is 0 Å². The lowest BCUT2D eigenvalue weighted by atomic mass is 9.95. The molecule has 0 N–H and O–H groups in total. The van der Waals surface area contributed by atoms with Crippen molar-refractivity contribution in [2.24, 2.45) is 5.92 Å². The number of rotatable bonds is 7. The summed E-state index contributed by atoms with van der Waals surface area (Å²) < 4.78 is 5.75. The summed E-state index contributed by atoms with van der Waals surface area (Å²) in [4.78, 5) is 12.8. The van der Waals surface area contributed by atoms with Gasteiger partial charge in [0.25, 0.3) is 0 Å². The molecule has 0 fully saturated rings. The lowest BCUT2D eigenvalue weighted by Crippen LogP contribution is -2.07. The summed E-state index contributed by atoms with van der Waals surface area (Å²) in [7, 11) is 0.142. The highest BCUT2D eigenvalue weighted by atomic mass is 31.1. The number of carbonyl (C=O) groups excluding carboxylic acids is 1. The average molecular weight is 356 g/mol. The third-order valence-corrected chi connectivity index (χ3v) is 5.76. The molecule has 2 aromatic carbocycles. The van der Waals surface area contributed by atoms with E-state index in [1.54, 1.807) is 0 Å². The van der Waals surface area contributed by atoms with Gasteiger partial charge in [-0.2, -0.15) is 0 Å². The Morgan fingerprint density at radius 2 is 1.64 bits per heavy atom. The lowest BCUT2D eigenvalue weighted by Gasteiger charge is -2.14. The van der Waals surface area contributed by atoms with Crippen LogP contribution in [0.2, 0.25) is 0 Å². The van der Waals surface area contributed by atoms with Gasteiger partial charge >= 0.3 is 0 Å². The van der Waals surface area contributed by atoms with Gasteiger partial charge in [0.05, 0.1) is 6.61 Å². The largest absolute Gasteiger partial charge is 0.494 e. The maximum Gasteiger partial charge on any atom is 0.186 e. The van der Waals surface area contributed by atoms with Gasteiger partial charge in [-0.1, -0.05) is 32.0 Å². The van der Waals surface area contributed by atoms with Gasteiger partial charge in [-0.15, -0.1) is 0 Å². The van der Waals surface area contributed by atoms with Crippen LogP contribution in [0.15, 0.2) is 30.3 Å². The van der Waals surface area contributed by atoms with Crippen molar-refractivity contribution in [1.29, 1.82) is 0 Å². The van der Waals surface area contributed by atoms with E-state index in [2.05, 4.69) is 40.7 Å². The first-order chi connectivity index (χ1) is 11.8. The summed E-state index contributed by atoms with van der Waals surface area (Å²) in [5.41, 5.74) is 5.76. The maximum absolute atomic E-state index is 12.8. The molecule has 0 saturated heterocycles. The van der Waals surface area contributed by atoms with Crippen LogP contribution in [0.3, 0.4) is 0 Å². The zero-order valence-electron chi connectivity index (χ0n) is 16.2. The number of hydrogen-bond donors (Lipinski definition) is 0. The average Bonchev–Trinajstić information content (AvgIpc) is 2.54. The van der Waals surface area contributed by atoms with Crippen LogP contribution in [-0.4, -0.2) is 12.1 Å². The Morgan fingerprint density at radius 3 is 2.24 bits per heavy atom. The van der Waals surface area contributed by atoms with E-state index in [0.29, 0.717) is 5.92 Å². The van der Waals surface area contributed by atoms with Gasteiger partial charge in [0.1, 0.15) is 5.75 Å². The fourth-order valence-electron chi connectivity index (χ4n) is 2.87. The van der Waals surface area contributed by atoms with E-state index in [1.807, 2.05) is 31.2 Å². The van der Waals surface area contributed by atoms with Crippen LogP contribution in [0, 0.1) is 33.6 Å². The monoisotopic (exact) mass is 356 g/mol. The molecule has 2 nitrogen and oxygen atoms in total. The molecule has 1 unspecified atom stereocenters. The molecule has 25 heavy (non-hydrogen) atoms. The first-order valence-corrected chi connectivity index (χ1v) is 9.91. The molecule has 0 bridgehead atoms. The first-order valence-electron chi connectivity index (χ1n) is 8.91. The van der Waals surface area contributed by atoms with E-state index in [0.717, 1.165) is 40.8 Å². The molecule has 2 rings (SSSR count).